The second kappa shape index (κ2) is 4.67. The minimum Gasteiger partial charge on any atom is -0.378 e. The predicted octanol–water partition coefficient (Wildman–Crippen LogP) is -1.41. The Bertz CT molecular complexity index is 553. The SMILES string of the molecule is Cc1[nH]ncc1S(=O)(=O)N1CCOCC1C(N)=O. The summed E-state index contributed by atoms with van der Waals surface area (Å²) in [6.07, 6.45) is 1.22. The van der Waals surface area contributed by atoms with Crippen LogP contribution >= 0.6 is 0 Å². The maximum Gasteiger partial charge on any atom is 0.247 e. The maximum atomic E-state index is 12.4. The number of nitrogens with zero attached hydrogens (tertiary/aromatic N) is 2. The summed E-state index contributed by atoms with van der Waals surface area (Å²) in [5, 5.41) is 6.23. The lowest BCUT2D eigenvalue weighted by Gasteiger charge is -2.32. The van der Waals surface area contributed by atoms with Crippen molar-refractivity contribution in [2.75, 3.05) is 19.8 Å². The molecule has 9 heteroatoms. The largest absolute Gasteiger partial charge is 0.378 e. The molecule has 0 spiro atoms. The Kier molecular flexibility index (Phi) is 3.37. The van der Waals surface area contributed by atoms with Gasteiger partial charge in [0.15, 0.2) is 0 Å². The van der Waals surface area contributed by atoms with E-state index in [1.807, 2.05) is 0 Å². The van der Waals surface area contributed by atoms with Crippen LogP contribution < -0.4 is 5.73 Å². The van der Waals surface area contributed by atoms with Gasteiger partial charge in [0.05, 0.1) is 25.1 Å². The van der Waals surface area contributed by atoms with Crippen molar-refractivity contribution >= 4 is 15.9 Å². The summed E-state index contributed by atoms with van der Waals surface area (Å²) >= 11 is 0. The molecule has 0 aliphatic carbocycles. The number of sulfonamides is 1. The van der Waals surface area contributed by atoms with Crippen LogP contribution in [0.1, 0.15) is 5.69 Å². The molecule has 0 aromatic carbocycles. The summed E-state index contributed by atoms with van der Waals surface area (Å²) in [7, 11) is -3.78. The number of nitrogens with two attached hydrogens (primary N) is 1. The van der Waals surface area contributed by atoms with E-state index in [2.05, 4.69) is 10.2 Å². The molecule has 1 aliphatic heterocycles. The number of morpholine rings is 1. The fraction of sp³-hybridized carbons (Fsp3) is 0.556. The molecule has 1 fully saturated rings. The van der Waals surface area contributed by atoms with E-state index in [0.717, 1.165) is 4.31 Å². The first kappa shape index (κ1) is 13.0. The van der Waals surface area contributed by atoms with Crippen LogP contribution in [0.3, 0.4) is 0 Å². The highest BCUT2D eigenvalue weighted by Crippen LogP contribution is 2.21. The topological polar surface area (TPSA) is 118 Å². The van der Waals surface area contributed by atoms with E-state index < -0.39 is 22.0 Å². The standard InChI is InChI=1S/C9H14N4O4S/c1-6-8(4-11-12-6)18(15,16)13-2-3-17-5-7(13)9(10)14/h4,7H,2-3,5H2,1H3,(H2,10,14)(H,11,12). The molecule has 3 N–H and O–H groups in total. The quantitative estimate of drug-likeness (QED) is 0.702. The van der Waals surface area contributed by atoms with Crippen LogP contribution in [0.5, 0.6) is 0 Å². The van der Waals surface area contributed by atoms with Gasteiger partial charge in [0, 0.05) is 6.54 Å². The number of rotatable bonds is 3. The number of hydrogen-bond donors (Lipinski definition) is 2. The average molecular weight is 274 g/mol. The molecule has 1 aromatic heterocycles. The number of aromatic amines is 1. The molecule has 1 unspecified atom stereocenters. The second-order valence-electron chi connectivity index (χ2n) is 3.97. The van der Waals surface area contributed by atoms with Crippen molar-refractivity contribution in [3.63, 3.8) is 0 Å². The molecule has 1 aromatic rings. The summed E-state index contributed by atoms with van der Waals surface area (Å²) in [5.41, 5.74) is 5.62. The van der Waals surface area contributed by atoms with Crippen molar-refractivity contribution in [1.29, 1.82) is 0 Å². The van der Waals surface area contributed by atoms with Crippen LogP contribution in [0, 0.1) is 6.92 Å². The van der Waals surface area contributed by atoms with Crippen molar-refractivity contribution in [2.24, 2.45) is 5.73 Å². The minimum absolute atomic E-state index is 0.0224. The molecule has 1 atom stereocenters. The first-order valence-corrected chi connectivity index (χ1v) is 6.77. The molecule has 2 rings (SSSR count). The van der Waals surface area contributed by atoms with Crippen molar-refractivity contribution in [1.82, 2.24) is 14.5 Å². The van der Waals surface area contributed by atoms with Crippen LogP contribution in [-0.4, -0.2) is 54.6 Å². The van der Waals surface area contributed by atoms with Gasteiger partial charge in [-0.3, -0.25) is 9.89 Å². The number of nitrogens with one attached hydrogen (secondary N) is 1. The summed E-state index contributed by atoms with van der Waals surface area (Å²) in [4.78, 5) is 11.3. The van der Waals surface area contributed by atoms with Gasteiger partial charge >= 0.3 is 0 Å². The summed E-state index contributed by atoms with van der Waals surface area (Å²) in [6.45, 7) is 1.91. The number of aromatic nitrogens is 2. The molecular formula is C9H14N4O4S. The fourth-order valence-electron chi connectivity index (χ4n) is 1.83. The van der Waals surface area contributed by atoms with Crippen LogP contribution in [0.15, 0.2) is 11.1 Å². The van der Waals surface area contributed by atoms with E-state index in [1.165, 1.54) is 6.20 Å². The fourth-order valence-corrected chi connectivity index (χ4v) is 3.51. The second-order valence-corrected chi connectivity index (χ2v) is 5.83. The molecule has 1 aliphatic rings. The van der Waals surface area contributed by atoms with Crippen LogP contribution in [-0.2, 0) is 19.6 Å². The molecule has 0 radical (unpaired) electrons. The van der Waals surface area contributed by atoms with E-state index in [0.29, 0.717) is 5.69 Å². The van der Waals surface area contributed by atoms with Gasteiger partial charge in [0.2, 0.25) is 15.9 Å². The van der Waals surface area contributed by atoms with Crippen LogP contribution in [0.25, 0.3) is 0 Å². The van der Waals surface area contributed by atoms with Gasteiger partial charge in [-0.1, -0.05) is 0 Å². The Morgan fingerprint density at radius 1 is 1.67 bits per heavy atom. The van der Waals surface area contributed by atoms with Crippen molar-refractivity contribution in [2.45, 2.75) is 17.9 Å². The van der Waals surface area contributed by atoms with E-state index in [9.17, 15) is 13.2 Å². The molecule has 0 bridgehead atoms. The maximum absolute atomic E-state index is 12.4. The Balaban J connectivity index is 2.39. The molecule has 18 heavy (non-hydrogen) atoms. The van der Waals surface area contributed by atoms with Crippen molar-refractivity contribution in [3.8, 4) is 0 Å². The first-order valence-electron chi connectivity index (χ1n) is 5.33. The molecule has 8 nitrogen and oxygen atoms in total. The lowest BCUT2D eigenvalue weighted by Crippen LogP contribution is -2.54. The van der Waals surface area contributed by atoms with Crippen molar-refractivity contribution < 1.29 is 17.9 Å². The predicted molar refractivity (Wildman–Crippen MR) is 61.0 cm³/mol. The zero-order chi connectivity index (χ0) is 13.3. The van der Waals surface area contributed by atoms with E-state index in [1.54, 1.807) is 6.92 Å². The third-order valence-electron chi connectivity index (χ3n) is 2.78. The van der Waals surface area contributed by atoms with Crippen molar-refractivity contribution in [3.05, 3.63) is 11.9 Å². The highest BCUT2D eigenvalue weighted by Gasteiger charge is 2.38. The Morgan fingerprint density at radius 2 is 2.39 bits per heavy atom. The first-order chi connectivity index (χ1) is 8.44. The van der Waals surface area contributed by atoms with Gasteiger partial charge in [-0.15, -0.1) is 0 Å². The van der Waals surface area contributed by atoms with Gasteiger partial charge in [0.1, 0.15) is 10.9 Å². The third kappa shape index (κ3) is 2.11. The molecule has 1 saturated heterocycles. The Morgan fingerprint density at radius 3 is 2.94 bits per heavy atom. The molecule has 1 amide bonds. The van der Waals surface area contributed by atoms with Gasteiger partial charge < -0.3 is 10.5 Å². The van der Waals surface area contributed by atoms with Crippen LogP contribution in [0.4, 0.5) is 0 Å². The van der Waals surface area contributed by atoms with Crippen LogP contribution in [0.2, 0.25) is 0 Å². The number of aryl methyl sites for hydroxylation is 1. The minimum atomic E-state index is -3.78. The number of carbonyl (C=O) groups is 1. The van der Waals surface area contributed by atoms with E-state index in [-0.39, 0.29) is 24.7 Å². The highest BCUT2D eigenvalue weighted by atomic mass is 32.2. The third-order valence-corrected chi connectivity index (χ3v) is 4.80. The smallest absolute Gasteiger partial charge is 0.247 e. The summed E-state index contributed by atoms with van der Waals surface area (Å²) in [6, 6.07) is -0.974. The summed E-state index contributed by atoms with van der Waals surface area (Å²) in [5.74, 6) is -0.723. The molecule has 100 valence electrons. The molecular weight excluding hydrogens is 260 g/mol. The van der Waals surface area contributed by atoms with Gasteiger partial charge in [-0.25, -0.2) is 8.42 Å². The number of amides is 1. The highest BCUT2D eigenvalue weighted by molar-refractivity contribution is 7.89. The monoisotopic (exact) mass is 274 g/mol. The lowest BCUT2D eigenvalue weighted by atomic mass is 10.3. The zero-order valence-corrected chi connectivity index (χ0v) is 10.6. The molecule has 0 saturated carbocycles. The molecule has 2 heterocycles. The van der Waals surface area contributed by atoms with E-state index in [4.69, 9.17) is 10.5 Å². The number of ether oxygens (including phenoxy) is 1. The number of hydrogen-bond acceptors (Lipinski definition) is 5. The zero-order valence-electron chi connectivity index (χ0n) is 9.79. The lowest BCUT2D eigenvalue weighted by molar-refractivity contribution is -0.125. The van der Waals surface area contributed by atoms with Gasteiger partial charge in [0.25, 0.3) is 0 Å². The normalized spacial score (nSPS) is 21.9. The average Bonchev–Trinajstić information content (AvgIpc) is 2.76. The number of primary amides is 1. The van der Waals surface area contributed by atoms with Gasteiger partial charge in [-0.2, -0.15) is 9.40 Å². The Hall–Kier alpha value is -1.45. The number of H-pyrrole nitrogens is 1. The van der Waals surface area contributed by atoms with Gasteiger partial charge in [-0.05, 0) is 6.92 Å². The summed E-state index contributed by atoms with van der Waals surface area (Å²) < 4.78 is 30.9. The van der Waals surface area contributed by atoms with E-state index >= 15 is 0 Å². The Labute approximate surface area is 104 Å². The number of carbonyl (C=O) groups excluding carboxylic acids is 1.